The Morgan fingerprint density at radius 1 is 0.654 bits per heavy atom. The monoisotopic (exact) mass is 340 g/mol. The summed E-state index contributed by atoms with van der Waals surface area (Å²) < 4.78 is 10.4. The first kappa shape index (κ1) is 15.7. The number of ether oxygens (including phenoxy) is 2. The Hall–Kier alpha value is -3.84. The molecular formula is C22H12O4. The Morgan fingerprint density at radius 2 is 1.35 bits per heavy atom. The molecular weight excluding hydrogens is 328 g/mol. The van der Waals surface area contributed by atoms with Crippen LogP contribution in [-0.2, 0) is 4.74 Å². The fraction of sp³-hybridized carbons (Fsp3) is 0. The van der Waals surface area contributed by atoms with Crippen LogP contribution in [0.25, 0.3) is 0 Å². The van der Waals surface area contributed by atoms with E-state index >= 15 is 0 Å². The van der Waals surface area contributed by atoms with Crippen molar-refractivity contribution >= 4 is 11.9 Å². The molecule has 0 atom stereocenters. The van der Waals surface area contributed by atoms with Crippen molar-refractivity contribution in [1.82, 2.24) is 0 Å². The van der Waals surface area contributed by atoms with Crippen LogP contribution < -0.4 is 4.74 Å². The van der Waals surface area contributed by atoms with E-state index in [1.54, 1.807) is 12.1 Å². The molecule has 0 saturated carbocycles. The van der Waals surface area contributed by atoms with Gasteiger partial charge in [-0.1, -0.05) is 36.1 Å². The van der Waals surface area contributed by atoms with E-state index in [2.05, 4.69) is 16.6 Å². The lowest BCUT2D eigenvalue weighted by Crippen LogP contribution is -1.96. The van der Waals surface area contributed by atoms with Gasteiger partial charge in [0, 0.05) is 11.1 Å². The van der Waals surface area contributed by atoms with E-state index < -0.39 is 11.9 Å². The van der Waals surface area contributed by atoms with E-state index in [1.165, 1.54) is 12.1 Å². The minimum Gasteiger partial charge on any atom is -0.457 e. The number of cyclic esters (lactones) is 2. The van der Waals surface area contributed by atoms with E-state index in [9.17, 15) is 9.59 Å². The summed E-state index contributed by atoms with van der Waals surface area (Å²) in [6, 6.07) is 21.7. The number of carbonyl (C=O) groups excluding carboxylic acids is 2. The molecule has 0 radical (unpaired) electrons. The van der Waals surface area contributed by atoms with Crippen LogP contribution in [0.5, 0.6) is 11.5 Å². The standard InChI is InChI=1S/C22H12O4/c23-21-19-12-11-18(14-20(19)22(24)26-21)25-17-8-4-7-16(13-17)10-9-15-5-2-1-3-6-15/h1-8,11-14H. The second kappa shape index (κ2) is 6.58. The van der Waals surface area contributed by atoms with Gasteiger partial charge in [-0.15, -0.1) is 0 Å². The smallest absolute Gasteiger partial charge is 0.347 e. The fourth-order valence-corrected chi connectivity index (χ4v) is 2.57. The zero-order valence-electron chi connectivity index (χ0n) is 13.6. The van der Waals surface area contributed by atoms with E-state index in [4.69, 9.17) is 4.74 Å². The molecule has 1 aliphatic rings. The van der Waals surface area contributed by atoms with Gasteiger partial charge >= 0.3 is 11.9 Å². The number of rotatable bonds is 2. The summed E-state index contributed by atoms with van der Waals surface area (Å²) in [6.45, 7) is 0. The van der Waals surface area contributed by atoms with Crippen molar-refractivity contribution < 1.29 is 19.1 Å². The minimum absolute atomic E-state index is 0.215. The summed E-state index contributed by atoms with van der Waals surface area (Å²) in [6.07, 6.45) is 0. The molecule has 1 heterocycles. The molecule has 1 aliphatic heterocycles. The first-order chi connectivity index (χ1) is 12.7. The normalized spacial score (nSPS) is 12.0. The Balaban J connectivity index is 1.57. The van der Waals surface area contributed by atoms with Gasteiger partial charge in [-0.3, -0.25) is 0 Å². The molecule has 124 valence electrons. The predicted octanol–water partition coefficient (Wildman–Crippen LogP) is 4.19. The number of hydrogen-bond donors (Lipinski definition) is 0. The van der Waals surface area contributed by atoms with Crippen molar-refractivity contribution in [3.05, 3.63) is 95.1 Å². The Bertz CT molecular complexity index is 1070. The summed E-state index contributed by atoms with van der Waals surface area (Å²) in [5, 5.41) is 0. The van der Waals surface area contributed by atoms with Gasteiger partial charge < -0.3 is 9.47 Å². The number of benzene rings is 3. The molecule has 26 heavy (non-hydrogen) atoms. The number of fused-ring (bicyclic) bond motifs is 1. The van der Waals surface area contributed by atoms with Gasteiger partial charge in [-0.05, 0) is 48.5 Å². The Morgan fingerprint density at radius 3 is 2.19 bits per heavy atom. The van der Waals surface area contributed by atoms with Crippen LogP contribution in [0.15, 0.2) is 72.8 Å². The topological polar surface area (TPSA) is 52.6 Å². The highest BCUT2D eigenvalue weighted by Crippen LogP contribution is 2.28. The van der Waals surface area contributed by atoms with Crippen LogP contribution in [0.2, 0.25) is 0 Å². The SMILES string of the molecule is O=C1OC(=O)c2cc(Oc3cccc(C#Cc4ccccc4)c3)ccc21. The third kappa shape index (κ3) is 3.19. The highest BCUT2D eigenvalue weighted by Gasteiger charge is 2.29. The zero-order chi connectivity index (χ0) is 17.9. The third-order valence-electron chi connectivity index (χ3n) is 3.81. The van der Waals surface area contributed by atoms with Crippen LogP contribution in [0.4, 0.5) is 0 Å². The lowest BCUT2D eigenvalue weighted by atomic mass is 10.1. The van der Waals surface area contributed by atoms with Gasteiger partial charge in [0.2, 0.25) is 0 Å². The van der Waals surface area contributed by atoms with Crippen LogP contribution in [0.3, 0.4) is 0 Å². The molecule has 0 aliphatic carbocycles. The van der Waals surface area contributed by atoms with Gasteiger partial charge in [-0.2, -0.15) is 0 Å². The molecule has 0 saturated heterocycles. The van der Waals surface area contributed by atoms with Crippen molar-refractivity contribution in [2.45, 2.75) is 0 Å². The minimum atomic E-state index is -0.655. The maximum atomic E-state index is 11.6. The van der Waals surface area contributed by atoms with Gasteiger partial charge in [0.15, 0.2) is 0 Å². The zero-order valence-corrected chi connectivity index (χ0v) is 13.6. The second-order valence-corrected chi connectivity index (χ2v) is 5.63. The van der Waals surface area contributed by atoms with Gasteiger partial charge in [-0.25, -0.2) is 9.59 Å². The maximum absolute atomic E-state index is 11.6. The van der Waals surface area contributed by atoms with E-state index in [-0.39, 0.29) is 11.1 Å². The average Bonchev–Trinajstić information content (AvgIpc) is 2.95. The van der Waals surface area contributed by atoms with Crippen molar-refractivity contribution in [1.29, 1.82) is 0 Å². The lowest BCUT2D eigenvalue weighted by Gasteiger charge is -2.06. The van der Waals surface area contributed by atoms with Crippen molar-refractivity contribution in [2.24, 2.45) is 0 Å². The predicted molar refractivity (Wildman–Crippen MR) is 95.1 cm³/mol. The first-order valence-electron chi connectivity index (χ1n) is 7.94. The van der Waals surface area contributed by atoms with Crippen LogP contribution >= 0.6 is 0 Å². The molecule has 0 fully saturated rings. The lowest BCUT2D eigenvalue weighted by molar-refractivity contribution is 0.0443. The van der Waals surface area contributed by atoms with Crippen LogP contribution in [0.1, 0.15) is 31.8 Å². The van der Waals surface area contributed by atoms with Crippen LogP contribution in [-0.4, -0.2) is 11.9 Å². The van der Waals surface area contributed by atoms with Gasteiger partial charge in [0.25, 0.3) is 0 Å². The Labute approximate surface area is 150 Å². The van der Waals surface area contributed by atoms with Gasteiger partial charge in [0.1, 0.15) is 11.5 Å². The maximum Gasteiger partial charge on any atom is 0.347 e. The largest absolute Gasteiger partial charge is 0.457 e. The average molecular weight is 340 g/mol. The second-order valence-electron chi connectivity index (χ2n) is 5.63. The van der Waals surface area contributed by atoms with E-state index in [0.717, 1.165) is 11.1 Å². The number of esters is 2. The summed E-state index contributed by atoms with van der Waals surface area (Å²) >= 11 is 0. The first-order valence-corrected chi connectivity index (χ1v) is 7.94. The third-order valence-corrected chi connectivity index (χ3v) is 3.81. The molecule has 0 aromatic heterocycles. The summed E-state index contributed by atoms with van der Waals surface area (Å²) in [5.74, 6) is 5.93. The van der Waals surface area contributed by atoms with Crippen LogP contribution in [0, 0.1) is 11.8 Å². The number of hydrogen-bond acceptors (Lipinski definition) is 4. The summed E-state index contributed by atoms with van der Waals surface area (Å²) in [5.41, 5.74) is 2.21. The number of carbonyl (C=O) groups is 2. The Kier molecular flexibility index (Phi) is 3.97. The molecule has 4 heteroatoms. The highest BCUT2D eigenvalue weighted by atomic mass is 16.6. The van der Waals surface area contributed by atoms with Gasteiger partial charge in [0.05, 0.1) is 11.1 Å². The summed E-state index contributed by atoms with van der Waals surface area (Å²) in [7, 11) is 0. The van der Waals surface area contributed by atoms with Crippen molar-refractivity contribution in [2.75, 3.05) is 0 Å². The van der Waals surface area contributed by atoms with E-state index in [0.29, 0.717) is 11.5 Å². The molecule has 3 aromatic rings. The molecule has 0 amide bonds. The molecule has 0 unspecified atom stereocenters. The summed E-state index contributed by atoms with van der Waals surface area (Å²) in [4.78, 5) is 23.1. The molecule has 0 N–H and O–H groups in total. The molecule has 4 nitrogen and oxygen atoms in total. The van der Waals surface area contributed by atoms with E-state index in [1.807, 2.05) is 48.5 Å². The molecule has 4 rings (SSSR count). The van der Waals surface area contributed by atoms with Crippen molar-refractivity contribution in [3.63, 3.8) is 0 Å². The molecule has 3 aromatic carbocycles. The van der Waals surface area contributed by atoms with Crippen molar-refractivity contribution in [3.8, 4) is 23.3 Å². The fourth-order valence-electron chi connectivity index (χ4n) is 2.57. The molecule has 0 bridgehead atoms. The molecule has 0 spiro atoms. The quantitative estimate of drug-likeness (QED) is 0.399. The highest BCUT2D eigenvalue weighted by molar-refractivity contribution is 6.14.